The summed E-state index contributed by atoms with van der Waals surface area (Å²) in [4.78, 5) is 0. The molecule has 1 heterocycles. The number of rotatable bonds is 3. The maximum absolute atomic E-state index is 13.0. The van der Waals surface area contributed by atoms with Gasteiger partial charge < -0.3 is 5.32 Å². The number of aromatic nitrogens is 2. The number of nitrogens with zero attached hydrogens (tertiary/aromatic N) is 2. The van der Waals surface area contributed by atoms with Crippen molar-refractivity contribution >= 4 is 11.3 Å². The molecule has 5 heteroatoms. The summed E-state index contributed by atoms with van der Waals surface area (Å²) in [7, 11) is 1.87. The van der Waals surface area contributed by atoms with E-state index in [1.807, 2.05) is 20.0 Å². The molecule has 0 aliphatic rings. The van der Waals surface area contributed by atoms with Gasteiger partial charge in [-0.3, -0.25) is 0 Å². The summed E-state index contributed by atoms with van der Waals surface area (Å²) in [5, 5.41) is 12.9. The van der Waals surface area contributed by atoms with Crippen molar-refractivity contribution in [3.63, 3.8) is 0 Å². The summed E-state index contributed by atoms with van der Waals surface area (Å²) in [6.07, 6.45) is 0. The van der Waals surface area contributed by atoms with Crippen LogP contribution in [0, 0.1) is 5.82 Å². The third kappa shape index (κ3) is 2.25. The largest absolute Gasteiger partial charge is 0.311 e. The van der Waals surface area contributed by atoms with Gasteiger partial charge in [-0.2, -0.15) is 0 Å². The first-order valence-corrected chi connectivity index (χ1v) is 5.79. The Morgan fingerprint density at radius 1 is 1.38 bits per heavy atom. The zero-order valence-electron chi connectivity index (χ0n) is 9.07. The van der Waals surface area contributed by atoms with Gasteiger partial charge in [0.1, 0.15) is 15.8 Å². The van der Waals surface area contributed by atoms with Crippen molar-refractivity contribution in [3.8, 4) is 10.6 Å². The molecule has 0 amide bonds. The molecule has 84 valence electrons. The zero-order valence-corrected chi connectivity index (χ0v) is 9.88. The first kappa shape index (κ1) is 11.2. The minimum absolute atomic E-state index is 0.166. The molecule has 0 bridgehead atoms. The fourth-order valence-corrected chi connectivity index (χ4v) is 2.17. The van der Waals surface area contributed by atoms with Gasteiger partial charge in [-0.25, -0.2) is 4.39 Å². The summed E-state index contributed by atoms with van der Waals surface area (Å²) in [5.74, 6) is -0.254. The Labute approximate surface area is 97.3 Å². The lowest BCUT2D eigenvalue weighted by atomic mass is 10.2. The molecular formula is C11H12FN3S. The Morgan fingerprint density at radius 3 is 2.88 bits per heavy atom. The molecule has 1 aromatic carbocycles. The lowest BCUT2D eigenvalue weighted by Gasteiger charge is -2.02. The van der Waals surface area contributed by atoms with Crippen LogP contribution in [0.4, 0.5) is 4.39 Å². The molecule has 0 radical (unpaired) electrons. The van der Waals surface area contributed by atoms with E-state index in [-0.39, 0.29) is 11.9 Å². The molecule has 3 nitrogen and oxygen atoms in total. The molecular weight excluding hydrogens is 225 g/mol. The van der Waals surface area contributed by atoms with Crippen LogP contribution in [-0.2, 0) is 0 Å². The van der Waals surface area contributed by atoms with Crippen LogP contribution in [0.15, 0.2) is 24.3 Å². The molecule has 1 aromatic heterocycles. The SMILES string of the molecule is CNC(C)c1nnc(-c2cccc(F)c2)s1. The summed E-state index contributed by atoms with van der Waals surface area (Å²) in [6, 6.07) is 6.56. The van der Waals surface area contributed by atoms with Crippen molar-refractivity contribution < 1.29 is 4.39 Å². The predicted molar refractivity (Wildman–Crippen MR) is 62.8 cm³/mol. The van der Waals surface area contributed by atoms with Crippen molar-refractivity contribution in [2.24, 2.45) is 0 Å². The summed E-state index contributed by atoms with van der Waals surface area (Å²) in [5.41, 5.74) is 0.770. The van der Waals surface area contributed by atoms with Crippen LogP contribution in [0.1, 0.15) is 18.0 Å². The Balaban J connectivity index is 2.31. The molecule has 0 saturated heterocycles. The van der Waals surface area contributed by atoms with Crippen molar-refractivity contribution in [3.05, 3.63) is 35.1 Å². The average Bonchev–Trinajstić information content (AvgIpc) is 2.77. The highest BCUT2D eigenvalue weighted by Crippen LogP contribution is 2.26. The van der Waals surface area contributed by atoms with Crippen molar-refractivity contribution in [2.45, 2.75) is 13.0 Å². The van der Waals surface area contributed by atoms with Gasteiger partial charge in [-0.1, -0.05) is 23.5 Å². The van der Waals surface area contributed by atoms with Crippen molar-refractivity contribution in [1.29, 1.82) is 0 Å². The van der Waals surface area contributed by atoms with Crippen LogP contribution in [0.5, 0.6) is 0 Å². The number of halogens is 1. The Hall–Kier alpha value is -1.33. The van der Waals surface area contributed by atoms with E-state index in [0.29, 0.717) is 0 Å². The van der Waals surface area contributed by atoms with E-state index in [1.165, 1.54) is 23.5 Å². The van der Waals surface area contributed by atoms with Gasteiger partial charge in [0.05, 0.1) is 6.04 Å². The molecule has 1 atom stereocenters. The maximum atomic E-state index is 13.0. The minimum Gasteiger partial charge on any atom is -0.311 e. The summed E-state index contributed by atoms with van der Waals surface area (Å²) >= 11 is 1.48. The molecule has 2 aromatic rings. The fraction of sp³-hybridized carbons (Fsp3) is 0.273. The Bertz CT molecular complexity index is 484. The average molecular weight is 237 g/mol. The van der Waals surface area contributed by atoms with Gasteiger partial charge in [-0.05, 0) is 26.1 Å². The second-order valence-corrected chi connectivity index (χ2v) is 4.48. The van der Waals surface area contributed by atoms with Gasteiger partial charge in [0.25, 0.3) is 0 Å². The van der Waals surface area contributed by atoms with Gasteiger partial charge in [0.2, 0.25) is 0 Å². The Kier molecular flexibility index (Phi) is 3.26. The smallest absolute Gasteiger partial charge is 0.147 e. The maximum Gasteiger partial charge on any atom is 0.147 e. The first-order valence-electron chi connectivity index (χ1n) is 4.97. The number of hydrogen-bond donors (Lipinski definition) is 1. The number of hydrogen-bond acceptors (Lipinski definition) is 4. The van der Waals surface area contributed by atoms with E-state index in [4.69, 9.17) is 0 Å². The summed E-state index contributed by atoms with van der Waals surface area (Å²) in [6.45, 7) is 2.01. The van der Waals surface area contributed by atoms with E-state index in [1.54, 1.807) is 6.07 Å². The van der Waals surface area contributed by atoms with Crippen LogP contribution >= 0.6 is 11.3 Å². The van der Waals surface area contributed by atoms with E-state index in [9.17, 15) is 4.39 Å². The highest BCUT2D eigenvalue weighted by molar-refractivity contribution is 7.14. The standard InChI is InChI=1S/C11H12FN3S/c1-7(13-2)10-14-15-11(16-10)8-4-3-5-9(12)6-8/h3-7,13H,1-2H3. The second-order valence-electron chi connectivity index (χ2n) is 3.47. The highest BCUT2D eigenvalue weighted by Gasteiger charge is 2.11. The lowest BCUT2D eigenvalue weighted by molar-refractivity contribution is 0.628. The lowest BCUT2D eigenvalue weighted by Crippen LogP contribution is -2.11. The minimum atomic E-state index is -0.254. The molecule has 1 unspecified atom stereocenters. The first-order chi connectivity index (χ1) is 7.70. The monoisotopic (exact) mass is 237 g/mol. The van der Waals surface area contributed by atoms with Crippen LogP contribution in [0.2, 0.25) is 0 Å². The Morgan fingerprint density at radius 2 is 2.19 bits per heavy atom. The molecule has 0 spiro atoms. The van der Waals surface area contributed by atoms with Gasteiger partial charge >= 0.3 is 0 Å². The van der Waals surface area contributed by atoms with E-state index in [0.717, 1.165) is 15.6 Å². The third-order valence-corrected chi connectivity index (χ3v) is 3.47. The molecule has 2 rings (SSSR count). The number of nitrogens with one attached hydrogen (secondary N) is 1. The fourth-order valence-electron chi connectivity index (χ4n) is 1.27. The zero-order chi connectivity index (χ0) is 11.5. The van der Waals surface area contributed by atoms with Gasteiger partial charge in [0, 0.05) is 5.56 Å². The van der Waals surface area contributed by atoms with Crippen LogP contribution in [0.25, 0.3) is 10.6 Å². The molecule has 1 N–H and O–H groups in total. The highest BCUT2D eigenvalue weighted by atomic mass is 32.1. The molecule has 0 saturated carbocycles. The van der Waals surface area contributed by atoms with Gasteiger partial charge in [0.15, 0.2) is 0 Å². The molecule has 0 fully saturated rings. The number of benzene rings is 1. The van der Waals surface area contributed by atoms with Crippen molar-refractivity contribution in [1.82, 2.24) is 15.5 Å². The topological polar surface area (TPSA) is 37.8 Å². The quantitative estimate of drug-likeness (QED) is 0.891. The molecule has 16 heavy (non-hydrogen) atoms. The van der Waals surface area contributed by atoms with Crippen molar-refractivity contribution in [2.75, 3.05) is 7.05 Å². The molecule has 0 aliphatic carbocycles. The second kappa shape index (κ2) is 4.67. The third-order valence-electron chi connectivity index (χ3n) is 2.32. The van der Waals surface area contributed by atoms with Crippen LogP contribution < -0.4 is 5.32 Å². The summed E-state index contributed by atoms with van der Waals surface area (Å²) < 4.78 is 13.0. The normalized spacial score (nSPS) is 12.7. The van der Waals surface area contributed by atoms with Gasteiger partial charge in [-0.15, -0.1) is 10.2 Å². The predicted octanol–water partition coefficient (Wildman–Crippen LogP) is 2.62. The molecule has 0 aliphatic heterocycles. The van der Waals surface area contributed by atoms with E-state index >= 15 is 0 Å². The van der Waals surface area contributed by atoms with Crippen LogP contribution in [-0.4, -0.2) is 17.2 Å². The van der Waals surface area contributed by atoms with E-state index in [2.05, 4.69) is 15.5 Å². The van der Waals surface area contributed by atoms with E-state index < -0.39 is 0 Å². The van der Waals surface area contributed by atoms with Crippen LogP contribution in [0.3, 0.4) is 0 Å².